The summed E-state index contributed by atoms with van der Waals surface area (Å²) in [5.74, 6) is -0.559. The molecule has 5 rings (SSSR count). The second-order valence-corrected chi connectivity index (χ2v) is 14.6. The molecule has 4 aliphatic carbocycles. The lowest BCUT2D eigenvalue weighted by Crippen LogP contribution is -2.67. The van der Waals surface area contributed by atoms with E-state index in [2.05, 4.69) is 40.7 Å². The minimum Gasteiger partial charge on any atom is -0.469 e. The van der Waals surface area contributed by atoms with E-state index >= 15 is 0 Å². The number of esters is 1. The van der Waals surface area contributed by atoms with Crippen molar-refractivity contribution in [3.63, 3.8) is 0 Å². The maximum Gasteiger partial charge on any atom is 0.312 e. The van der Waals surface area contributed by atoms with Gasteiger partial charge in [-0.1, -0.05) is 34.6 Å². The predicted octanol–water partition coefficient (Wildman–Crippen LogP) is 5.77. The number of allylic oxidation sites excluding steroid dienone is 1. The molecule has 0 bridgehead atoms. The van der Waals surface area contributed by atoms with Crippen molar-refractivity contribution >= 4 is 17.7 Å². The van der Waals surface area contributed by atoms with Crippen LogP contribution in [-0.2, 0) is 19.1 Å². The third-order valence-corrected chi connectivity index (χ3v) is 12.1. The molecule has 1 amide bonds. The Bertz CT molecular complexity index is 1210. The minimum absolute atomic E-state index is 0.0451. The van der Waals surface area contributed by atoms with E-state index in [0.29, 0.717) is 0 Å². The molecule has 3 fully saturated rings. The van der Waals surface area contributed by atoms with Gasteiger partial charge in [0.2, 0.25) is 0 Å². The molecule has 0 aromatic heterocycles. The van der Waals surface area contributed by atoms with Gasteiger partial charge in [0, 0.05) is 23.4 Å². The largest absolute Gasteiger partial charge is 0.469 e. The number of methoxy groups -OCH3 is 1. The molecule has 206 valence electrons. The summed E-state index contributed by atoms with van der Waals surface area (Å²) >= 11 is 0. The van der Waals surface area contributed by atoms with Crippen LogP contribution in [0.3, 0.4) is 0 Å². The Balaban J connectivity index is 1.69. The van der Waals surface area contributed by atoms with Crippen LogP contribution in [0.1, 0.15) is 93.4 Å². The predicted molar refractivity (Wildman–Crippen MR) is 144 cm³/mol. The highest BCUT2D eigenvalue weighted by Gasteiger charge is 2.70. The Kier molecular flexibility index (Phi) is 5.93. The third-order valence-electron chi connectivity index (χ3n) is 12.1. The minimum atomic E-state index is -0.605. The van der Waals surface area contributed by atoms with Crippen molar-refractivity contribution in [2.45, 2.75) is 105 Å². The van der Waals surface area contributed by atoms with Gasteiger partial charge in [-0.05, 0) is 98.7 Å². The molecule has 0 aromatic rings. The van der Waals surface area contributed by atoms with Crippen molar-refractivity contribution in [1.29, 1.82) is 5.26 Å². The Morgan fingerprint density at radius 3 is 2.34 bits per heavy atom. The highest BCUT2D eigenvalue weighted by molar-refractivity contribution is 6.00. The number of fused-ring (bicyclic) bond motifs is 7. The zero-order chi connectivity index (χ0) is 28.1. The molecule has 5 aliphatic rings. The van der Waals surface area contributed by atoms with Crippen LogP contribution in [0.15, 0.2) is 23.3 Å². The maximum atomic E-state index is 14.4. The summed E-state index contributed by atoms with van der Waals surface area (Å²) in [4.78, 5) is 42.9. The van der Waals surface area contributed by atoms with E-state index in [0.717, 1.165) is 50.5 Å². The van der Waals surface area contributed by atoms with Crippen molar-refractivity contribution in [1.82, 2.24) is 4.90 Å². The summed E-state index contributed by atoms with van der Waals surface area (Å²) in [5, 5.41) is 9.90. The van der Waals surface area contributed by atoms with E-state index in [4.69, 9.17) is 4.74 Å². The number of hydrogen-bond donors (Lipinski definition) is 0. The van der Waals surface area contributed by atoms with Crippen molar-refractivity contribution in [3.8, 4) is 6.07 Å². The van der Waals surface area contributed by atoms with Gasteiger partial charge in [0.25, 0.3) is 5.91 Å². The van der Waals surface area contributed by atoms with Crippen LogP contribution < -0.4 is 0 Å². The quantitative estimate of drug-likeness (QED) is 0.431. The number of ether oxygens (including phenoxy) is 1. The molecule has 0 spiro atoms. The van der Waals surface area contributed by atoms with E-state index in [1.54, 1.807) is 0 Å². The summed E-state index contributed by atoms with van der Waals surface area (Å²) in [5.41, 5.74) is -0.527. The van der Waals surface area contributed by atoms with Gasteiger partial charge in [0.05, 0.1) is 12.5 Å². The van der Waals surface area contributed by atoms with Crippen molar-refractivity contribution in [2.24, 2.45) is 38.9 Å². The zero-order valence-electron chi connectivity index (χ0n) is 24.4. The summed E-state index contributed by atoms with van der Waals surface area (Å²) in [7, 11) is 1.48. The highest BCUT2D eigenvalue weighted by Crippen LogP contribution is 2.73. The molecule has 0 saturated heterocycles. The van der Waals surface area contributed by atoms with Gasteiger partial charge in [-0.3, -0.25) is 14.4 Å². The number of rotatable bonds is 2. The number of hydrogen-bond acceptors (Lipinski definition) is 5. The second-order valence-electron chi connectivity index (χ2n) is 14.6. The Labute approximate surface area is 227 Å². The molecule has 1 aliphatic heterocycles. The molecule has 1 heterocycles. The Hall–Kier alpha value is -2.42. The molecule has 6 heteroatoms. The van der Waals surface area contributed by atoms with E-state index in [-0.39, 0.29) is 63.4 Å². The summed E-state index contributed by atoms with van der Waals surface area (Å²) in [6.07, 6.45) is 9.51. The van der Waals surface area contributed by atoms with Gasteiger partial charge in [0.15, 0.2) is 5.78 Å². The van der Waals surface area contributed by atoms with E-state index < -0.39 is 10.8 Å². The van der Waals surface area contributed by atoms with Crippen LogP contribution in [0.2, 0.25) is 0 Å². The summed E-state index contributed by atoms with van der Waals surface area (Å²) < 4.78 is 5.41. The first-order chi connectivity index (χ1) is 17.6. The van der Waals surface area contributed by atoms with Crippen molar-refractivity contribution < 1.29 is 19.1 Å². The zero-order valence-corrected chi connectivity index (χ0v) is 24.4. The van der Waals surface area contributed by atoms with Crippen LogP contribution in [0.5, 0.6) is 0 Å². The van der Waals surface area contributed by atoms with Crippen molar-refractivity contribution in [2.75, 3.05) is 7.11 Å². The molecule has 0 radical (unpaired) electrons. The standard InChI is InChI=1S/C32H44N2O4/c1-19(2)34-24-9-10-30(6)23(29(24,5)16-20(18-33)26(34)36)15-22(35)25-21-17-28(3,4)11-13-32(21,27(37)38-8)14-12-31(25,30)7/h15-16,19,21,24-25H,9-14,17H2,1-8H3/t21-,24+,25-,29+,30+,31+,32-/m0/s1. The molecule has 3 saturated carbocycles. The van der Waals surface area contributed by atoms with Gasteiger partial charge < -0.3 is 9.64 Å². The third kappa shape index (κ3) is 3.26. The topological polar surface area (TPSA) is 87.5 Å². The second kappa shape index (κ2) is 8.29. The van der Waals surface area contributed by atoms with Crippen LogP contribution in [0, 0.1) is 50.2 Å². The van der Waals surface area contributed by atoms with Crippen LogP contribution in [0.25, 0.3) is 0 Å². The number of nitriles is 1. The number of amides is 1. The van der Waals surface area contributed by atoms with Gasteiger partial charge in [-0.2, -0.15) is 5.26 Å². The fourth-order valence-electron chi connectivity index (χ4n) is 9.85. The first-order valence-corrected chi connectivity index (χ1v) is 14.4. The molecule has 0 aromatic carbocycles. The lowest BCUT2D eigenvalue weighted by atomic mass is 9.35. The van der Waals surface area contributed by atoms with Crippen LogP contribution in [-0.4, -0.2) is 41.8 Å². The summed E-state index contributed by atoms with van der Waals surface area (Å²) in [6, 6.07) is 2.02. The van der Waals surface area contributed by atoms with E-state index in [1.165, 1.54) is 7.11 Å². The van der Waals surface area contributed by atoms with Gasteiger partial charge in [-0.25, -0.2) is 0 Å². The highest BCUT2D eigenvalue weighted by atomic mass is 16.5. The lowest BCUT2D eigenvalue weighted by molar-refractivity contribution is -0.190. The number of carbonyl (C=O) groups is 3. The number of ketones is 1. The first kappa shape index (κ1) is 27.2. The molecular weight excluding hydrogens is 476 g/mol. The number of nitrogens with zero attached hydrogens (tertiary/aromatic N) is 2. The smallest absolute Gasteiger partial charge is 0.312 e. The molecule has 6 nitrogen and oxygen atoms in total. The maximum absolute atomic E-state index is 14.4. The Morgan fingerprint density at radius 2 is 1.74 bits per heavy atom. The van der Waals surface area contributed by atoms with Gasteiger partial charge in [0.1, 0.15) is 11.6 Å². The van der Waals surface area contributed by atoms with Crippen molar-refractivity contribution in [3.05, 3.63) is 23.3 Å². The fraction of sp³-hybridized carbons (Fsp3) is 0.750. The normalized spacial score (nSPS) is 43.6. The molecule has 0 unspecified atom stereocenters. The van der Waals surface area contributed by atoms with Crippen LogP contribution >= 0.6 is 0 Å². The van der Waals surface area contributed by atoms with E-state index in [9.17, 15) is 19.6 Å². The average molecular weight is 521 g/mol. The number of carbonyl (C=O) groups excluding carboxylic acids is 3. The van der Waals surface area contributed by atoms with Crippen LogP contribution in [0.4, 0.5) is 0 Å². The molecular formula is C32H44N2O4. The van der Waals surface area contributed by atoms with Gasteiger partial charge in [-0.15, -0.1) is 0 Å². The molecule has 38 heavy (non-hydrogen) atoms. The first-order valence-electron chi connectivity index (χ1n) is 14.4. The average Bonchev–Trinajstić information content (AvgIpc) is 2.84. The fourth-order valence-corrected chi connectivity index (χ4v) is 9.85. The Morgan fingerprint density at radius 1 is 1.08 bits per heavy atom. The van der Waals surface area contributed by atoms with E-state index in [1.807, 2.05) is 30.9 Å². The molecule has 0 N–H and O–H groups in total. The summed E-state index contributed by atoms with van der Waals surface area (Å²) in [6.45, 7) is 15.3. The SMILES string of the molecule is COC(=O)[C@]12CCC(C)(C)C[C@H]1[C@H]1C(=O)C=C3[C@@]4(C)C=C(C#N)C(=O)N(C(C)C)[C@@H]4CC[C@@]3(C)[C@]1(C)CC2. The monoisotopic (exact) mass is 520 g/mol. The van der Waals surface area contributed by atoms with Gasteiger partial charge >= 0.3 is 5.97 Å². The molecule has 7 atom stereocenters. The lowest BCUT2D eigenvalue weighted by Gasteiger charge is -2.68.